The Hall–Kier alpha value is -1.27. The van der Waals surface area contributed by atoms with Gasteiger partial charge in [-0.05, 0) is 57.5 Å². The van der Waals surface area contributed by atoms with E-state index in [0.29, 0.717) is 12.3 Å². The van der Waals surface area contributed by atoms with Crippen LogP contribution in [0.15, 0.2) is 24.3 Å². The predicted octanol–water partition coefficient (Wildman–Crippen LogP) is 9.61. The minimum Gasteiger partial charge on any atom is -0.497 e. The van der Waals surface area contributed by atoms with Crippen molar-refractivity contribution in [3.05, 3.63) is 29.8 Å². The molecule has 10 atom stereocenters. The van der Waals surface area contributed by atoms with Crippen LogP contribution in [0.2, 0.25) is 0 Å². The molecule has 1 amide bonds. The summed E-state index contributed by atoms with van der Waals surface area (Å²) in [4.78, 5) is 29.3. The molecule has 3 saturated heterocycles. The number of amides is 1. The van der Waals surface area contributed by atoms with Gasteiger partial charge in [0.05, 0.1) is 24.6 Å². The fourth-order valence-electron chi connectivity index (χ4n) is 8.23. The van der Waals surface area contributed by atoms with Crippen molar-refractivity contribution in [1.29, 1.82) is 0 Å². The van der Waals surface area contributed by atoms with Crippen molar-refractivity contribution in [3.63, 3.8) is 0 Å². The monoisotopic (exact) mass is 816 g/mol. The van der Waals surface area contributed by atoms with E-state index in [1.807, 2.05) is 44.5 Å². The molecule has 9 nitrogen and oxygen atoms in total. The van der Waals surface area contributed by atoms with Crippen LogP contribution in [0, 0.1) is 5.92 Å². The molecule has 0 bridgehead atoms. The number of ether oxygens (including phenoxy) is 5. The van der Waals surface area contributed by atoms with Crippen molar-refractivity contribution < 1.29 is 33.3 Å². The van der Waals surface area contributed by atoms with Crippen LogP contribution >= 0.6 is 35.8 Å². The average molecular weight is 818 g/mol. The Morgan fingerprint density at radius 1 is 0.907 bits per heavy atom. The number of thioether (sulfide) groups is 1. The third-order valence-electron chi connectivity index (χ3n) is 11.3. The maximum Gasteiger partial charge on any atom is 0.306 e. The van der Waals surface area contributed by atoms with E-state index in [0.717, 1.165) is 56.4 Å². The van der Waals surface area contributed by atoms with E-state index >= 15 is 0 Å². The molecule has 12 heteroatoms. The summed E-state index contributed by atoms with van der Waals surface area (Å²) in [6.07, 6.45) is 18.2. The second-order valence-corrected chi connectivity index (χ2v) is 17.1. The Balaban J connectivity index is 0.00000784. The third-order valence-corrected chi connectivity index (χ3v) is 12.4. The van der Waals surface area contributed by atoms with Gasteiger partial charge in [-0.2, -0.15) is 0 Å². The number of nitrogens with zero attached hydrogens (tertiary/aromatic N) is 1. The molecule has 0 saturated carbocycles. The Morgan fingerprint density at radius 2 is 1.50 bits per heavy atom. The van der Waals surface area contributed by atoms with Gasteiger partial charge < -0.3 is 29.0 Å². The van der Waals surface area contributed by atoms with Crippen molar-refractivity contribution in [1.82, 2.24) is 10.2 Å². The molecule has 4 rings (SSSR count). The van der Waals surface area contributed by atoms with Crippen molar-refractivity contribution in [2.24, 2.45) is 5.92 Å². The van der Waals surface area contributed by atoms with Crippen LogP contribution in [0.25, 0.3) is 0 Å². The number of likely N-dealkylation sites (N-methyl/N-ethyl adjacent to an activating group) is 1. The molecule has 0 aliphatic carbocycles. The first-order valence-electron chi connectivity index (χ1n) is 20.7. The standard InChI is InChI=1S/C42H69ClN2O7S.ClH/c1-7-9-10-11-12-13-14-15-16-17-18-19-20-22-34(46)49-39-38-37(50-41(51-38)31-23-25-32(48-5)26-24-31)36(52-42(39)53-6)35(29(3)43)44-40(47)33-27-30(21-8-2)28-45(33)4;/h23-26,29-30,33,35-39,41-42H,7-22,27-28H2,1-6H3,(H,44,47);1H/t29-,30+,33-,35+,36+,37-,38-,39+,41?,42+;/m0./s1. The number of hydrogen-bond donors (Lipinski definition) is 1. The van der Waals surface area contributed by atoms with Gasteiger partial charge in [-0.25, -0.2) is 0 Å². The first kappa shape index (κ1) is 47.1. The highest BCUT2D eigenvalue weighted by molar-refractivity contribution is 7.99. The smallest absolute Gasteiger partial charge is 0.306 e. The van der Waals surface area contributed by atoms with Gasteiger partial charge in [0.15, 0.2) is 12.4 Å². The number of carbonyl (C=O) groups excluding carboxylic acids is 2. The number of carbonyl (C=O) groups is 2. The minimum absolute atomic E-state index is 0. The number of methoxy groups -OCH3 is 1. The van der Waals surface area contributed by atoms with Crippen molar-refractivity contribution >= 4 is 47.6 Å². The summed E-state index contributed by atoms with van der Waals surface area (Å²) in [7, 11) is 3.64. The molecule has 1 aromatic rings. The van der Waals surface area contributed by atoms with E-state index in [-0.39, 0.29) is 30.3 Å². The molecule has 1 aromatic carbocycles. The second-order valence-electron chi connectivity index (χ2n) is 15.5. The summed E-state index contributed by atoms with van der Waals surface area (Å²) in [5.41, 5.74) is 0.277. The maximum atomic E-state index is 13.8. The molecule has 310 valence electrons. The lowest BCUT2D eigenvalue weighted by Gasteiger charge is -2.44. The molecule has 0 radical (unpaired) electrons. The molecule has 3 fully saturated rings. The lowest BCUT2D eigenvalue weighted by atomic mass is 9.92. The Morgan fingerprint density at radius 3 is 2.06 bits per heavy atom. The molecule has 1 unspecified atom stereocenters. The quantitative estimate of drug-likeness (QED) is 0.0622. The van der Waals surface area contributed by atoms with Crippen LogP contribution in [0.5, 0.6) is 5.75 Å². The van der Waals surface area contributed by atoms with E-state index in [1.165, 1.54) is 76.0 Å². The third kappa shape index (κ3) is 14.0. The summed E-state index contributed by atoms with van der Waals surface area (Å²) in [5, 5.41) is 2.80. The number of likely N-dealkylation sites (tertiary alicyclic amines) is 1. The Labute approximate surface area is 341 Å². The highest BCUT2D eigenvalue weighted by atomic mass is 35.5. The van der Waals surface area contributed by atoms with E-state index in [1.54, 1.807) is 7.11 Å². The fraction of sp³-hybridized carbons (Fsp3) is 0.810. The van der Waals surface area contributed by atoms with E-state index < -0.39 is 47.6 Å². The first-order chi connectivity index (χ1) is 25.7. The number of halogens is 2. The molecule has 1 N–H and O–H groups in total. The lowest BCUT2D eigenvalue weighted by molar-refractivity contribution is -0.193. The number of esters is 1. The molecule has 0 spiro atoms. The van der Waals surface area contributed by atoms with E-state index in [2.05, 4.69) is 24.1 Å². The van der Waals surface area contributed by atoms with Crippen molar-refractivity contribution in [2.75, 3.05) is 27.0 Å². The number of unbranched alkanes of at least 4 members (excludes halogenated alkanes) is 12. The van der Waals surface area contributed by atoms with Crippen LogP contribution in [-0.4, -0.2) is 91.0 Å². The van der Waals surface area contributed by atoms with Crippen LogP contribution < -0.4 is 10.1 Å². The van der Waals surface area contributed by atoms with Crippen LogP contribution in [0.4, 0.5) is 0 Å². The zero-order valence-corrected chi connectivity index (χ0v) is 36.2. The predicted molar refractivity (Wildman–Crippen MR) is 222 cm³/mol. The zero-order chi connectivity index (χ0) is 38.2. The SMILES string of the molecule is CCCCCCCCCCCCCCCC(=O)O[C@@H]1[C@H]2OC(c3ccc(OC)cc3)O[C@H]2[C@@H]([C@H](NC(=O)[C@@H]2C[C@@H](CCC)CN2C)[C@H](C)Cl)O[C@@H]1SC.Cl. The van der Waals surface area contributed by atoms with Crippen molar-refractivity contribution in [2.45, 2.75) is 184 Å². The van der Waals surface area contributed by atoms with Gasteiger partial charge in [0.1, 0.15) is 29.5 Å². The number of nitrogens with one attached hydrogen (secondary N) is 1. The van der Waals surface area contributed by atoms with Gasteiger partial charge in [0, 0.05) is 18.5 Å². The molecule has 3 aliphatic rings. The van der Waals surface area contributed by atoms with Crippen molar-refractivity contribution in [3.8, 4) is 5.75 Å². The summed E-state index contributed by atoms with van der Waals surface area (Å²) in [6.45, 7) is 7.22. The molecule has 54 heavy (non-hydrogen) atoms. The summed E-state index contributed by atoms with van der Waals surface area (Å²) >= 11 is 8.33. The van der Waals surface area contributed by atoms with E-state index in [4.69, 9.17) is 35.3 Å². The average Bonchev–Trinajstić information content (AvgIpc) is 3.77. The normalized spacial score (nSPS) is 27.8. The van der Waals surface area contributed by atoms with Crippen LogP contribution in [-0.2, 0) is 28.5 Å². The Bertz CT molecular complexity index is 1210. The second kappa shape index (κ2) is 25.2. The highest BCUT2D eigenvalue weighted by Gasteiger charge is 2.57. The van der Waals surface area contributed by atoms with Crippen LogP contribution in [0.1, 0.15) is 142 Å². The molecular weight excluding hydrogens is 747 g/mol. The van der Waals surface area contributed by atoms with Gasteiger partial charge in [-0.1, -0.05) is 109 Å². The number of benzene rings is 1. The van der Waals surface area contributed by atoms with Gasteiger partial charge in [0.2, 0.25) is 5.91 Å². The zero-order valence-electron chi connectivity index (χ0n) is 33.8. The summed E-state index contributed by atoms with van der Waals surface area (Å²) in [6, 6.07) is 6.75. The van der Waals surface area contributed by atoms with Gasteiger partial charge in [-0.3, -0.25) is 14.5 Å². The van der Waals surface area contributed by atoms with Crippen LogP contribution in [0.3, 0.4) is 0 Å². The number of alkyl halides is 1. The number of fused-ring (bicyclic) bond motifs is 1. The molecule has 0 aromatic heterocycles. The Kier molecular flexibility index (Phi) is 22.0. The minimum atomic E-state index is -0.720. The molecule has 3 heterocycles. The first-order valence-corrected chi connectivity index (χ1v) is 22.4. The number of hydrogen-bond acceptors (Lipinski definition) is 9. The molecular formula is C42H70Cl2N2O7S. The van der Waals surface area contributed by atoms with Gasteiger partial charge >= 0.3 is 5.97 Å². The summed E-state index contributed by atoms with van der Waals surface area (Å²) < 4.78 is 31.5. The largest absolute Gasteiger partial charge is 0.497 e. The maximum absolute atomic E-state index is 13.8. The lowest BCUT2D eigenvalue weighted by Crippen LogP contribution is -2.65. The highest BCUT2D eigenvalue weighted by Crippen LogP contribution is 2.44. The summed E-state index contributed by atoms with van der Waals surface area (Å²) in [5.74, 6) is 0.915. The van der Waals surface area contributed by atoms with Gasteiger partial charge in [-0.15, -0.1) is 35.8 Å². The number of rotatable bonds is 24. The van der Waals surface area contributed by atoms with Gasteiger partial charge in [0.25, 0.3) is 0 Å². The topological polar surface area (TPSA) is 95.6 Å². The van der Waals surface area contributed by atoms with E-state index in [9.17, 15) is 9.59 Å². The molecule has 3 aliphatic heterocycles. The fourth-order valence-corrected chi connectivity index (χ4v) is 9.16.